The van der Waals surface area contributed by atoms with Crippen LogP contribution in [0.4, 0.5) is 5.69 Å². The maximum atomic E-state index is 11.7. The fraction of sp³-hybridized carbons (Fsp3) is 0.429. The van der Waals surface area contributed by atoms with Crippen LogP contribution in [0.25, 0.3) is 0 Å². The van der Waals surface area contributed by atoms with Gasteiger partial charge in [-0.3, -0.25) is 14.5 Å². The Balaban J connectivity index is 2.45. The van der Waals surface area contributed by atoms with Gasteiger partial charge in [0.05, 0.1) is 0 Å². The molecule has 1 aromatic carbocycles. The summed E-state index contributed by atoms with van der Waals surface area (Å²) in [5, 5.41) is 11.8. The molecule has 1 rings (SSSR count). The Hall–Kier alpha value is -1.88. The third-order valence-electron chi connectivity index (χ3n) is 3.21. The van der Waals surface area contributed by atoms with E-state index >= 15 is 0 Å². The van der Waals surface area contributed by atoms with Crippen LogP contribution in [0.5, 0.6) is 0 Å². The Morgan fingerprint density at radius 2 is 1.84 bits per heavy atom. The molecule has 2 N–H and O–H groups in total. The van der Waals surface area contributed by atoms with E-state index in [0.717, 1.165) is 5.69 Å². The Labute approximate surface area is 113 Å². The Kier molecular flexibility index (Phi) is 5.06. The van der Waals surface area contributed by atoms with Crippen LogP contribution in [0.2, 0.25) is 0 Å². The number of aliphatic carboxylic acids is 1. The molecule has 19 heavy (non-hydrogen) atoms. The number of hydrogen-bond acceptors (Lipinski definition) is 3. The largest absolute Gasteiger partial charge is 0.480 e. The average Bonchev–Trinajstić information content (AvgIpc) is 2.36. The highest BCUT2D eigenvalue weighted by Gasteiger charge is 2.31. The lowest BCUT2D eigenvalue weighted by atomic mass is 10.0. The van der Waals surface area contributed by atoms with Crippen molar-refractivity contribution in [1.29, 1.82) is 0 Å². The van der Waals surface area contributed by atoms with Gasteiger partial charge in [0.15, 0.2) is 0 Å². The molecule has 104 valence electrons. The highest BCUT2D eigenvalue weighted by molar-refractivity contribution is 5.90. The van der Waals surface area contributed by atoms with Gasteiger partial charge in [-0.1, -0.05) is 18.2 Å². The monoisotopic (exact) mass is 264 g/mol. The standard InChI is InChI=1S/C14H20N2O3/c1-14(2,13(18)19)16(3)10-9-12(17)15-11-7-5-4-6-8-11/h4-8H,9-10H2,1-3H3,(H,15,17)(H,18,19). The third kappa shape index (κ3) is 4.37. The van der Waals surface area contributed by atoms with Gasteiger partial charge in [-0.15, -0.1) is 0 Å². The van der Waals surface area contributed by atoms with Gasteiger partial charge in [0.25, 0.3) is 0 Å². The summed E-state index contributed by atoms with van der Waals surface area (Å²) in [6.07, 6.45) is 0.252. The van der Waals surface area contributed by atoms with Crippen LogP contribution in [0.15, 0.2) is 30.3 Å². The number of benzene rings is 1. The number of carboxylic acids is 1. The van der Waals surface area contributed by atoms with E-state index in [2.05, 4.69) is 5.32 Å². The van der Waals surface area contributed by atoms with Gasteiger partial charge < -0.3 is 10.4 Å². The van der Waals surface area contributed by atoms with E-state index in [1.54, 1.807) is 25.8 Å². The molecular weight excluding hydrogens is 244 g/mol. The van der Waals surface area contributed by atoms with Crippen LogP contribution >= 0.6 is 0 Å². The van der Waals surface area contributed by atoms with Crippen molar-refractivity contribution in [3.63, 3.8) is 0 Å². The first-order valence-corrected chi connectivity index (χ1v) is 6.13. The molecule has 0 spiro atoms. The van der Waals surface area contributed by atoms with Crippen molar-refractivity contribution in [2.45, 2.75) is 25.8 Å². The first-order chi connectivity index (χ1) is 8.84. The van der Waals surface area contributed by atoms with Crippen molar-refractivity contribution in [3.8, 4) is 0 Å². The summed E-state index contributed by atoms with van der Waals surface area (Å²) < 4.78 is 0. The van der Waals surface area contributed by atoms with Crippen LogP contribution in [-0.4, -0.2) is 41.0 Å². The molecule has 5 nitrogen and oxygen atoms in total. The predicted octanol–water partition coefficient (Wildman–Crippen LogP) is 1.81. The normalized spacial score (nSPS) is 11.4. The van der Waals surface area contributed by atoms with Crippen molar-refractivity contribution < 1.29 is 14.7 Å². The summed E-state index contributed by atoms with van der Waals surface area (Å²) in [5.74, 6) is -1.03. The maximum absolute atomic E-state index is 11.7. The van der Waals surface area contributed by atoms with E-state index in [0.29, 0.717) is 6.54 Å². The number of nitrogens with one attached hydrogen (secondary N) is 1. The minimum absolute atomic E-state index is 0.126. The molecule has 1 amide bonds. The molecule has 0 aliphatic heterocycles. The van der Waals surface area contributed by atoms with Crippen LogP contribution in [0.3, 0.4) is 0 Å². The molecule has 0 aliphatic carbocycles. The van der Waals surface area contributed by atoms with Gasteiger partial charge >= 0.3 is 5.97 Å². The summed E-state index contributed by atoms with van der Waals surface area (Å²) in [7, 11) is 1.70. The van der Waals surface area contributed by atoms with Crippen molar-refractivity contribution >= 4 is 17.6 Å². The van der Waals surface area contributed by atoms with Crippen LogP contribution < -0.4 is 5.32 Å². The predicted molar refractivity (Wildman–Crippen MR) is 74.0 cm³/mol. The van der Waals surface area contributed by atoms with E-state index < -0.39 is 11.5 Å². The Morgan fingerprint density at radius 3 is 2.37 bits per heavy atom. The van der Waals surface area contributed by atoms with E-state index in [1.165, 1.54) is 0 Å². The van der Waals surface area contributed by atoms with Crippen molar-refractivity contribution in [2.24, 2.45) is 0 Å². The molecule has 0 saturated heterocycles. The number of carbonyl (C=O) groups is 2. The van der Waals surface area contributed by atoms with E-state index in [-0.39, 0.29) is 12.3 Å². The molecule has 0 atom stereocenters. The van der Waals surface area contributed by atoms with Crippen LogP contribution in [-0.2, 0) is 9.59 Å². The van der Waals surface area contributed by atoms with Crippen molar-refractivity contribution in [2.75, 3.05) is 18.9 Å². The molecule has 0 radical (unpaired) electrons. The summed E-state index contributed by atoms with van der Waals surface area (Å²) in [6.45, 7) is 3.62. The first-order valence-electron chi connectivity index (χ1n) is 6.13. The molecule has 0 unspecified atom stereocenters. The zero-order valence-corrected chi connectivity index (χ0v) is 11.5. The SMILES string of the molecule is CN(CCC(=O)Nc1ccccc1)C(C)(C)C(=O)O. The lowest BCUT2D eigenvalue weighted by Crippen LogP contribution is -2.48. The number of amides is 1. The molecule has 0 saturated carbocycles. The zero-order valence-electron chi connectivity index (χ0n) is 11.5. The lowest BCUT2D eigenvalue weighted by molar-refractivity contribution is -0.148. The Bertz CT molecular complexity index is 443. The van der Waals surface area contributed by atoms with Crippen LogP contribution in [0, 0.1) is 0 Å². The number of anilines is 1. The Morgan fingerprint density at radius 1 is 1.26 bits per heavy atom. The van der Waals surface area contributed by atoms with Gasteiger partial charge in [0.2, 0.25) is 5.91 Å². The molecule has 5 heteroatoms. The smallest absolute Gasteiger partial charge is 0.323 e. The summed E-state index contributed by atoms with van der Waals surface area (Å²) in [5.41, 5.74) is -0.236. The van der Waals surface area contributed by atoms with Gasteiger partial charge in [-0.25, -0.2) is 0 Å². The average molecular weight is 264 g/mol. The topological polar surface area (TPSA) is 69.6 Å². The number of likely N-dealkylation sites (N-methyl/N-ethyl adjacent to an activating group) is 1. The van der Waals surface area contributed by atoms with Gasteiger partial charge in [0.1, 0.15) is 5.54 Å². The van der Waals surface area contributed by atoms with Crippen molar-refractivity contribution in [3.05, 3.63) is 30.3 Å². The van der Waals surface area contributed by atoms with E-state index in [1.807, 2.05) is 30.3 Å². The van der Waals surface area contributed by atoms with E-state index in [4.69, 9.17) is 5.11 Å². The zero-order chi connectivity index (χ0) is 14.5. The number of hydrogen-bond donors (Lipinski definition) is 2. The van der Waals surface area contributed by atoms with Gasteiger partial charge in [-0.05, 0) is 33.0 Å². The molecule has 1 aromatic rings. The lowest BCUT2D eigenvalue weighted by Gasteiger charge is -2.31. The number of carbonyl (C=O) groups excluding carboxylic acids is 1. The highest BCUT2D eigenvalue weighted by atomic mass is 16.4. The summed E-state index contributed by atoms with van der Waals surface area (Å²) in [4.78, 5) is 24.4. The number of rotatable bonds is 6. The van der Waals surface area contributed by atoms with E-state index in [9.17, 15) is 9.59 Å². The number of carboxylic acid groups (broad SMARTS) is 1. The second-order valence-corrected chi connectivity index (χ2v) is 4.95. The highest BCUT2D eigenvalue weighted by Crippen LogP contribution is 2.13. The van der Waals surface area contributed by atoms with Crippen molar-refractivity contribution in [1.82, 2.24) is 4.90 Å². The molecule has 0 aliphatic rings. The minimum Gasteiger partial charge on any atom is -0.480 e. The van der Waals surface area contributed by atoms with Gasteiger partial charge in [-0.2, -0.15) is 0 Å². The van der Waals surface area contributed by atoms with Crippen LogP contribution in [0.1, 0.15) is 20.3 Å². The second-order valence-electron chi connectivity index (χ2n) is 4.95. The second kappa shape index (κ2) is 6.33. The molecular formula is C14H20N2O3. The first kappa shape index (κ1) is 15.2. The quantitative estimate of drug-likeness (QED) is 0.822. The fourth-order valence-corrected chi connectivity index (χ4v) is 1.46. The third-order valence-corrected chi connectivity index (χ3v) is 3.21. The molecule has 0 heterocycles. The number of nitrogens with zero attached hydrogens (tertiary/aromatic N) is 1. The molecule has 0 aromatic heterocycles. The minimum atomic E-state index is -0.979. The summed E-state index contributed by atoms with van der Waals surface area (Å²) >= 11 is 0. The number of para-hydroxylation sites is 1. The fourth-order valence-electron chi connectivity index (χ4n) is 1.46. The maximum Gasteiger partial charge on any atom is 0.323 e. The van der Waals surface area contributed by atoms with Gasteiger partial charge in [0, 0.05) is 18.7 Å². The summed E-state index contributed by atoms with van der Waals surface area (Å²) in [6, 6.07) is 9.18. The molecule has 0 bridgehead atoms. The molecule has 0 fully saturated rings.